The number of amides is 1. The minimum Gasteiger partial charge on any atom is -0.335 e. The van der Waals surface area contributed by atoms with Crippen LogP contribution in [0, 0.1) is 6.92 Å². The van der Waals surface area contributed by atoms with Crippen LogP contribution in [0.1, 0.15) is 15.4 Å². The topological polar surface area (TPSA) is 88.4 Å². The second-order valence-corrected chi connectivity index (χ2v) is 11.4. The van der Waals surface area contributed by atoms with E-state index in [1.54, 1.807) is 47.1 Å². The van der Waals surface area contributed by atoms with Gasteiger partial charge in [0, 0.05) is 67.1 Å². The molecule has 5 rings (SSSR count). The summed E-state index contributed by atoms with van der Waals surface area (Å²) >= 11 is 7.42. The first kappa shape index (κ1) is 23.0. The third kappa shape index (κ3) is 4.00. The highest BCUT2D eigenvalue weighted by atomic mass is 35.5. The third-order valence-electron chi connectivity index (χ3n) is 6.01. The van der Waals surface area contributed by atoms with Crippen molar-refractivity contribution < 1.29 is 13.2 Å². The first-order chi connectivity index (χ1) is 16.3. The Kier molecular flexibility index (Phi) is 5.93. The lowest BCUT2D eigenvalue weighted by molar-refractivity contribution is 0.0701. The zero-order chi connectivity index (χ0) is 24.0. The number of benzene rings is 1. The number of piperazine rings is 1. The average molecular weight is 516 g/mol. The van der Waals surface area contributed by atoms with Crippen LogP contribution in [0.5, 0.6) is 0 Å². The fourth-order valence-corrected chi connectivity index (χ4v) is 7.01. The number of aromatic nitrogens is 3. The second kappa shape index (κ2) is 8.77. The highest BCUT2D eigenvalue weighted by Gasteiger charge is 2.33. The van der Waals surface area contributed by atoms with Crippen molar-refractivity contribution in [1.82, 2.24) is 23.7 Å². The summed E-state index contributed by atoms with van der Waals surface area (Å²) in [5.41, 5.74) is 2.38. The maximum absolute atomic E-state index is 13.4. The Bertz CT molecular complexity index is 1490. The number of sulfonamides is 1. The number of fused-ring (bicyclic) bond motifs is 1. The molecule has 4 aromatic rings. The van der Waals surface area contributed by atoms with Crippen molar-refractivity contribution in [2.24, 2.45) is 7.05 Å². The number of pyridine rings is 1. The Hall–Kier alpha value is -2.79. The summed E-state index contributed by atoms with van der Waals surface area (Å²) in [6.45, 7) is 2.91. The van der Waals surface area contributed by atoms with Gasteiger partial charge < -0.3 is 9.47 Å². The molecule has 176 valence electrons. The van der Waals surface area contributed by atoms with Gasteiger partial charge in [0.2, 0.25) is 0 Å². The molecule has 1 fully saturated rings. The largest absolute Gasteiger partial charge is 0.335 e. The van der Waals surface area contributed by atoms with E-state index in [1.165, 1.54) is 15.6 Å². The number of nitrogens with zero attached hydrogens (tertiary/aromatic N) is 5. The fraction of sp³-hybridized carbons (Fsp3) is 0.261. The van der Waals surface area contributed by atoms with Gasteiger partial charge in [0.1, 0.15) is 9.88 Å². The van der Waals surface area contributed by atoms with Gasteiger partial charge in [-0.1, -0.05) is 11.6 Å². The summed E-state index contributed by atoms with van der Waals surface area (Å²) in [7, 11) is -1.99. The van der Waals surface area contributed by atoms with E-state index in [0.717, 1.165) is 21.5 Å². The fourth-order valence-electron chi connectivity index (χ4n) is 4.16. The van der Waals surface area contributed by atoms with E-state index >= 15 is 0 Å². The van der Waals surface area contributed by atoms with Crippen LogP contribution in [0.3, 0.4) is 0 Å². The molecule has 0 aliphatic carbocycles. The van der Waals surface area contributed by atoms with Gasteiger partial charge in [0.05, 0.1) is 5.69 Å². The summed E-state index contributed by atoms with van der Waals surface area (Å²) in [4.78, 5) is 24.0. The maximum atomic E-state index is 13.4. The Labute approximate surface area is 206 Å². The predicted molar refractivity (Wildman–Crippen MR) is 133 cm³/mol. The van der Waals surface area contributed by atoms with Gasteiger partial charge in [-0.3, -0.25) is 9.78 Å². The third-order valence-corrected chi connectivity index (χ3v) is 9.40. The van der Waals surface area contributed by atoms with Crippen molar-refractivity contribution >= 4 is 49.8 Å². The molecule has 0 unspecified atom stereocenters. The van der Waals surface area contributed by atoms with Crippen molar-refractivity contribution in [3.05, 3.63) is 64.4 Å². The van der Waals surface area contributed by atoms with Crippen LogP contribution in [0.4, 0.5) is 0 Å². The van der Waals surface area contributed by atoms with E-state index in [-0.39, 0.29) is 24.0 Å². The van der Waals surface area contributed by atoms with Gasteiger partial charge in [-0.15, -0.1) is 11.3 Å². The molecule has 0 radical (unpaired) electrons. The first-order valence-electron chi connectivity index (χ1n) is 10.7. The van der Waals surface area contributed by atoms with Crippen LogP contribution in [0.2, 0.25) is 5.02 Å². The molecule has 0 bridgehead atoms. The lowest BCUT2D eigenvalue weighted by Gasteiger charge is -2.33. The molecule has 0 spiro atoms. The smallest absolute Gasteiger partial charge is 0.265 e. The van der Waals surface area contributed by atoms with Crippen LogP contribution < -0.4 is 0 Å². The van der Waals surface area contributed by atoms with Gasteiger partial charge in [-0.2, -0.15) is 4.31 Å². The molecule has 0 atom stereocenters. The normalized spacial score (nSPS) is 15.2. The number of carbonyl (C=O) groups is 1. The van der Waals surface area contributed by atoms with Gasteiger partial charge in [0.25, 0.3) is 15.9 Å². The Morgan fingerprint density at radius 3 is 2.47 bits per heavy atom. The molecule has 0 N–H and O–H groups in total. The summed E-state index contributed by atoms with van der Waals surface area (Å²) in [6, 6.07) is 10.7. The zero-order valence-corrected chi connectivity index (χ0v) is 21.0. The van der Waals surface area contributed by atoms with Crippen LogP contribution in [-0.2, 0) is 17.1 Å². The predicted octanol–water partition coefficient (Wildman–Crippen LogP) is 3.81. The van der Waals surface area contributed by atoms with Crippen molar-refractivity contribution in [2.45, 2.75) is 11.9 Å². The minimum absolute atomic E-state index is 0.119. The Morgan fingerprint density at radius 2 is 1.76 bits per heavy atom. The number of aryl methyl sites for hydroxylation is 2. The quantitative estimate of drug-likeness (QED) is 0.412. The Balaban J connectivity index is 1.33. The highest BCUT2D eigenvalue weighted by Crippen LogP contribution is 2.30. The van der Waals surface area contributed by atoms with Crippen LogP contribution in [-0.4, -0.2) is 64.2 Å². The molecule has 34 heavy (non-hydrogen) atoms. The molecular formula is C23H22ClN5O3S2. The van der Waals surface area contributed by atoms with Gasteiger partial charge >= 0.3 is 0 Å². The zero-order valence-electron chi connectivity index (χ0n) is 18.6. The number of thiazole rings is 1. The van der Waals surface area contributed by atoms with Crippen LogP contribution in [0.15, 0.2) is 53.8 Å². The van der Waals surface area contributed by atoms with E-state index in [0.29, 0.717) is 28.7 Å². The van der Waals surface area contributed by atoms with Crippen LogP contribution >= 0.6 is 22.9 Å². The standard InChI is InChI=1S/C23H22ClN5O3S2/c1-15-21(33-22(26-15)16-5-7-25-8-6-16)23(30)28-9-11-29(12-10-28)34(31,32)20-14-17-13-18(24)3-4-19(17)27(20)2/h3-8,13-14H,9-12H2,1-2H3. The number of hydrogen-bond donors (Lipinski definition) is 0. The van der Waals surface area contributed by atoms with Gasteiger partial charge in [-0.05, 0) is 43.3 Å². The van der Waals surface area contributed by atoms with Crippen molar-refractivity contribution in [2.75, 3.05) is 26.2 Å². The van der Waals surface area contributed by atoms with Gasteiger partial charge in [0.15, 0.2) is 5.03 Å². The number of hydrogen-bond acceptors (Lipinski definition) is 6. The van der Waals surface area contributed by atoms with Crippen molar-refractivity contribution in [3.8, 4) is 10.6 Å². The minimum atomic E-state index is -3.72. The SMILES string of the molecule is Cc1nc(-c2ccncc2)sc1C(=O)N1CCN(S(=O)(=O)c2cc3cc(Cl)ccc3n2C)CC1. The number of halogens is 1. The highest BCUT2D eigenvalue weighted by molar-refractivity contribution is 7.89. The molecule has 0 saturated carbocycles. The molecule has 4 heterocycles. The lowest BCUT2D eigenvalue weighted by atomic mass is 10.2. The van der Waals surface area contributed by atoms with Gasteiger partial charge in [-0.25, -0.2) is 13.4 Å². The van der Waals surface area contributed by atoms with E-state index in [2.05, 4.69) is 9.97 Å². The molecule has 1 saturated heterocycles. The number of rotatable bonds is 4. The van der Waals surface area contributed by atoms with E-state index in [4.69, 9.17) is 11.6 Å². The van der Waals surface area contributed by atoms with Crippen molar-refractivity contribution in [1.29, 1.82) is 0 Å². The average Bonchev–Trinajstić information content (AvgIpc) is 3.39. The maximum Gasteiger partial charge on any atom is 0.265 e. The van der Waals surface area contributed by atoms with E-state index in [1.807, 2.05) is 25.1 Å². The second-order valence-electron chi connectivity index (χ2n) is 8.11. The molecule has 3 aromatic heterocycles. The Morgan fingerprint density at radius 1 is 1.06 bits per heavy atom. The summed E-state index contributed by atoms with van der Waals surface area (Å²) in [5, 5.41) is 2.30. The first-order valence-corrected chi connectivity index (χ1v) is 13.3. The summed E-state index contributed by atoms with van der Waals surface area (Å²) in [6.07, 6.45) is 3.38. The van der Waals surface area contributed by atoms with Crippen LogP contribution in [0.25, 0.3) is 21.5 Å². The van der Waals surface area contributed by atoms with E-state index < -0.39 is 10.0 Å². The van der Waals surface area contributed by atoms with Crippen molar-refractivity contribution in [3.63, 3.8) is 0 Å². The molecular weight excluding hydrogens is 494 g/mol. The lowest BCUT2D eigenvalue weighted by Crippen LogP contribution is -2.50. The monoisotopic (exact) mass is 515 g/mol. The molecule has 1 amide bonds. The molecule has 1 aromatic carbocycles. The summed E-state index contributed by atoms with van der Waals surface area (Å²) in [5.74, 6) is -0.119. The molecule has 8 nitrogen and oxygen atoms in total. The molecule has 1 aliphatic heterocycles. The summed E-state index contributed by atoms with van der Waals surface area (Å²) < 4.78 is 29.9. The van der Waals surface area contributed by atoms with E-state index in [9.17, 15) is 13.2 Å². The molecule has 1 aliphatic rings. The number of carbonyl (C=O) groups excluding carboxylic acids is 1. The molecule has 11 heteroatoms.